The third-order valence-electron chi connectivity index (χ3n) is 1.59. The Labute approximate surface area is 103 Å². The normalized spacial score (nSPS) is 15.1. The summed E-state index contributed by atoms with van der Waals surface area (Å²) in [5.41, 5.74) is -0.712. The molecule has 0 aliphatic heterocycles. The van der Waals surface area contributed by atoms with Crippen molar-refractivity contribution in [1.82, 2.24) is 0 Å². The van der Waals surface area contributed by atoms with Crippen LogP contribution >= 0.6 is 23.4 Å². The fourth-order valence-corrected chi connectivity index (χ4v) is 4.30. The predicted octanol–water partition coefficient (Wildman–Crippen LogP) is 3.10. The zero-order chi connectivity index (χ0) is 11.0. The van der Waals surface area contributed by atoms with E-state index in [9.17, 15) is 5.11 Å². The molecule has 0 aromatic rings. The second-order valence-electron chi connectivity index (χ2n) is 3.49. The van der Waals surface area contributed by atoms with Crippen molar-refractivity contribution in [1.29, 1.82) is 0 Å². The summed E-state index contributed by atoms with van der Waals surface area (Å²) in [6.45, 7) is 7.97. The molecule has 0 rings (SSSR count). The van der Waals surface area contributed by atoms with Crippen molar-refractivity contribution in [2.45, 2.75) is 37.6 Å². The Kier molecular flexibility index (Phi) is 8.56. The molecule has 0 saturated carbocycles. The summed E-state index contributed by atoms with van der Waals surface area (Å²) in [7, 11) is 0. The van der Waals surface area contributed by atoms with Gasteiger partial charge in [0, 0.05) is 0 Å². The van der Waals surface area contributed by atoms with E-state index in [0.29, 0.717) is 20.8 Å². The molecule has 14 heavy (non-hydrogen) atoms. The first-order valence-corrected chi connectivity index (χ1v) is 8.33. The minimum absolute atomic E-state index is 0.302. The summed E-state index contributed by atoms with van der Waals surface area (Å²) in [4.78, 5) is 0. The molecule has 84 valence electrons. The Hall–Kier alpha value is 0.859. The molecule has 0 aromatic heterocycles. The van der Waals surface area contributed by atoms with E-state index in [0.717, 1.165) is 11.1 Å². The fraction of sp³-hybridized carbons (Fsp3) is 0.800. The van der Waals surface area contributed by atoms with Gasteiger partial charge in [-0.1, -0.05) is 0 Å². The Balaban J connectivity index is 3.53. The van der Waals surface area contributed by atoms with Gasteiger partial charge in [-0.05, 0) is 0 Å². The number of rotatable bonds is 8. The van der Waals surface area contributed by atoms with Crippen molar-refractivity contribution < 1.29 is 5.11 Å². The zero-order valence-electron chi connectivity index (χ0n) is 8.88. The SMILES string of the molecule is C=C(SCCCC)[Se]CC(C)(O)CCl. The van der Waals surface area contributed by atoms with Crippen LogP contribution in [0, 0.1) is 0 Å². The van der Waals surface area contributed by atoms with E-state index >= 15 is 0 Å². The van der Waals surface area contributed by atoms with Gasteiger partial charge in [0.2, 0.25) is 0 Å². The third kappa shape index (κ3) is 8.19. The zero-order valence-corrected chi connectivity index (χ0v) is 12.2. The maximum atomic E-state index is 9.68. The molecule has 0 radical (unpaired) electrons. The van der Waals surface area contributed by atoms with E-state index in [4.69, 9.17) is 11.6 Å². The van der Waals surface area contributed by atoms with Crippen molar-refractivity contribution >= 4 is 38.3 Å². The van der Waals surface area contributed by atoms with Crippen LogP contribution in [0.1, 0.15) is 26.7 Å². The molecule has 1 atom stereocenters. The van der Waals surface area contributed by atoms with Gasteiger partial charge in [0.25, 0.3) is 0 Å². The van der Waals surface area contributed by atoms with Crippen LogP contribution in [0.2, 0.25) is 5.32 Å². The molecule has 0 aliphatic rings. The molecule has 0 fully saturated rings. The van der Waals surface area contributed by atoms with Crippen LogP contribution in [0.15, 0.2) is 10.4 Å². The monoisotopic (exact) mass is 302 g/mol. The number of thioether (sulfide) groups is 1. The number of aliphatic hydroxyl groups is 1. The quantitative estimate of drug-likeness (QED) is 0.422. The van der Waals surface area contributed by atoms with E-state index in [1.807, 2.05) is 11.8 Å². The van der Waals surface area contributed by atoms with Gasteiger partial charge in [-0.3, -0.25) is 0 Å². The summed E-state index contributed by atoms with van der Waals surface area (Å²) in [5, 5.41) is 10.4. The molecule has 0 heterocycles. The number of halogens is 1. The van der Waals surface area contributed by atoms with Gasteiger partial charge in [0.15, 0.2) is 0 Å². The van der Waals surface area contributed by atoms with E-state index in [1.54, 1.807) is 6.92 Å². The summed E-state index contributed by atoms with van der Waals surface area (Å²) in [5.74, 6) is 1.46. The van der Waals surface area contributed by atoms with Gasteiger partial charge in [0.1, 0.15) is 0 Å². The predicted molar refractivity (Wildman–Crippen MR) is 68.4 cm³/mol. The van der Waals surface area contributed by atoms with Crippen LogP contribution < -0.4 is 0 Å². The van der Waals surface area contributed by atoms with E-state index in [2.05, 4.69) is 13.5 Å². The third-order valence-corrected chi connectivity index (χ3v) is 6.62. The van der Waals surface area contributed by atoms with Gasteiger partial charge in [-0.25, -0.2) is 0 Å². The Morgan fingerprint density at radius 3 is 2.79 bits per heavy atom. The van der Waals surface area contributed by atoms with E-state index < -0.39 is 5.60 Å². The van der Waals surface area contributed by atoms with Gasteiger partial charge < -0.3 is 0 Å². The average Bonchev–Trinajstić information content (AvgIpc) is 2.16. The first kappa shape index (κ1) is 14.9. The standard InChI is InChI=1S/C10H19ClOSSe/c1-4-5-6-13-9(2)14-8-10(3,12)7-11/h12H,2,4-8H2,1,3H3. The molecule has 4 heteroatoms. The number of hydrogen-bond acceptors (Lipinski definition) is 2. The molecule has 1 nitrogen and oxygen atoms in total. The molecular weight excluding hydrogens is 283 g/mol. The molecule has 0 aliphatic carbocycles. The van der Waals surface area contributed by atoms with Crippen LogP contribution in [0.5, 0.6) is 0 Å². The van der Waals surface area contributed by atoms with Crippen molar-refractivity contribution in [3.8, 4) is 0 Å². The summed E-state index contributed by atoms with van der Waals surface area (Å²) in [6, 6.07) is 0. The van der Waals surface area contributed by atoms with Crippen LogP contribution in [-0.4, -0.2) is 37.3 Å². The molecule has 0 saturated heterocycles. The van der Waals surface area contributed by atoms with E-state index in [1.165, 1.54) is 16.6 Å². The van der Waals surface area contributed by atoms with Crippen molar-refractivity contribution in [3.63, 3.8) is 0 Å². The second-order valence-corrected chi connectivity index (χ2v) is 7.78. The van der Waals surface area contributed by atoms with Crippen molar-refractivity contribution in [2.75, 3.05) is 11.6 Å². The van der Waals surface area contributed by atoms with Gasteiger partial charge in [-0.15, -0.1) is 0 Å². The fourth-order valence-electron chi connectivity index (χ4n) is 0.647. The average molecular weight is 302 g/mol. The topological polar surface area (TPSA) is 20.2 Å². The summed E-state index contributed by atoms with van der Waals surface area (Å²) >= 11 is 7.76. The van der Waals surface area contributed by atoms with E-state index in [-0.39, 0.29) is 0 Å². The molecule has 0 amide bonds. The Morgan fingerprint density at radius 2 is 2.29 bits per heavy atom. The van der Waals surface area contributed by atoms with Gasteiger partial charge >= 0.3 is 103 Å². The van der Waals surface area contributed by atoms with Crippen LogP contribution in [0.25, 0.3) is 0 Å². The van der Waals surface area contributed by atoms with Crippen LogP contribution in [-0.2, 0) is 0 Å². The molecule has 0 spiro atoms. The number of unbranched alkanes of at least 4 members (excludes halogenated alkanes) is 1. The molecule has 1 unspecified atom stereocenters. The number of alkyl halides is 1. The molecule has 1 N–H and O–H groups in total. The van der Waals surface area contributed by atoms with Gasteiger partial charge in [-0.2, -0.15) is 0 Å². The van der Waals surface area contributed by atoms with Crippen molar-refractivity contribution in [2.24, 2.45) is 0 Å². The molecule has 0 bridgehead atoms. The molecule has 0 aromatic carbocycles. The number of hydrogen-bond donors (Lipinski definition) is 1. The summed E-state index contributed by atoms with van der Waals surface area (Å²) < 4.78 is 1.22. The first-order valence-electron chi connectivity index (χ1n) is 4.74. The molecular formula is C10H19ClOSSe. The second kappa shape index (κ2) is 8.06. The van der Waals surface area contributed by atoms with Crippen LogP contribution in [0.4, 0.5) is 0 Å². The Morgan fingerprint density at radius 1 is 1.64 bits per heavy atom. The maximum absolute atomic E-state index is 9.68. The van der Waals surface area contributed by atoms with Gasteiger partial charge in [0.05, 0.1) is 0 Å². The van der Waals surface area contributed by atoms with Crippen LogP contribution in [0.3, 0.4) is 0 Å². The summed E-state index contributed by atoms with van der Waals surface area (Å²) in [6.07, 6.45) is 2.47. The minimum atomic E-state index is -0.712. The van der Waals surface area contributed by atoms with Crippen molar-refractivity contribution in [3.05, 3.63) is 10.4 Å². The first-order chi connectivity index (χ1) is 6.52. The Bertz CT molecular complexity index is 174.